The quantitative estimate of drug-likeness (QED) is 0.364. The van der Waals surface area contributed by atoms with Gasteiger partial charge < -0.3 is 14.8 Å². The van der Waals surface area contributed by atoms with Crippen LogP contribution in [-0.4, -0.2) is 24.5 Å². The number of carbonyl (C=O) groups excluding carboxylic acids is 1. The monoisotopic (exact) mass is 418 g/mol. The number of benzene rings is 2. The van der Waals surface area contributed by atoms with Crippen molar-refractivity contribution in [3.05, 3.63) is 68.7 Å². The number of methoxy groups -OCH3 is 1. The van der Waals surface area contributed by atoms with Gasteiger partial charge in [-0.3, -0.25) is 14.9 Å². The highest BCUT2D eigenvalue weighted by Crippen LogP contribution is 2.37. The van der Waals surface area contributed by atoms with Crippen LogP contribution in [0.25, 0.3) is 6.08 Å². The highest BCUT2D eigenvalue weighted by Gasteiger charge is 2.12. The fraction of sp³-hybridized carbons (Fsp3) is 0.286. The highest BCUT2D eigenvalue weighted by molar-refractivity contribution is 6.32. The van der Waals surface area contributed by atoms with Crippen LogP contribution in [0.1, 0.15) is 25.0 Å². The molecule has 1 N–H and O–H groups in total. The Labute approximate surface area is 174 Å². The highest BCUT2D eigenvalue weighted by atomic mass is 35.5. The first kappa shape index (κ1) is 22.2. The van der Waals surface area contributed by atoms with Gasteiger partial charge in [-0.1, -0.05) is 37.6 Å². The van der Waals surface area contributed by atoms with Gasteiger partial charge in [0.2, 0.25) is 5.91 Å². The summed E-state index contributed by atoms with van der Waals surface area (Å²) in [5.41, 5.74) is 1.45. The number of nitrogens with one attached hydrogen (secondary N) is 1. The largest absolute Gasteiger partial charge is 0.493 e. The van der Waals surface area contributed by atoms with Crippen LogP contribution >= 0.6 is 11.6 Å². The zero-order valence-electron chi connectivity index (χ0n) is 16.5. The summed E-state index contributed by atoms with van der Waals surface area (Å²) in [5.74, 6) is 1.00. The van der Waals surface area contributed by atoms with Gasteiger partial charge in [0.15, 0.2) is 11.5 Å². The van der Waals surface area contributed by atoms with E-state index in [2.05, 4.69) is 5.32 Å². The van der Waals surface area contributed by atoms with Crippen molar-refractivity contribution in [2.45, 2.75) is 20.4 Å². The Bertz CT molecular complexity index is 895. The van der Waals surface area contributed by atoms with Crippen molar-refractivity contribution in [2.75, 3.05) is 13.7 Å². The molecule has 0 fully saturated rings. The van der Waals surface area contributed by atoms with Crippen LogP contribution in [0, 0.1) is 16.0 Å². The number of nitro benzene ring substituents is 1. The third kappa shape index (κ3) is 6.80. The number of halogens is 1. The summed E-state index contributed by atoms with van der Waals surface area (Å²) < 4.78 is 11.1. The summed E-state index contributed by atoms with van der Waals surface area (Å²) >= 11 is 6.30. The van der Waals surface area contributed by atoms with E-state index in [1.807, 2.05) is 13.8 Å². The van der Waals surface area contributed by atoms with Crippen LogP contribution in [0.15, 0.2) is 42.5 Å². The second kappa shape index (κ2) is 10.5. The molecule has 0 saturated heterocycles. The van der Waals surface area contributed by atoms with Crippen LogP contribution in [0.2, 0.25) is 5.02 Å². The lowest BCUT2D eigenvalue weighted by atomic mass is 10.1. The van der Waals surface area contributed by atoms with Crippen molar-refractivity contribution in [3.63, 3.8) is 0 Å². The number of nitrogens with zero attached hydrogens (tertiary/aromatic N) is 1. The Balaban J connectivity index is 2.00. The maximum atomic E-state index is 12.1. The van der Waals surface area contributed by atoms with Crippen molar-refractivity contribution in [1.29, 1.82) is 0 Å². The normalized spacial score (nSPS) is 10.9. The molecule has 2 aromatic rings. The molecule has 0 saturated carbocycles. The molecular formula is C21H23ClN2O5. The maximum Gasteiger partial charge on any atom is 0.269 e. The van der Waals surface area contributed by atoms with E-state index in [9.17, 15) is 14.9 Å². The average Bonchev–Trinajstić information content (AvgIpc) is 2.69. The molecule has 7 nitrogen and oxygen atoms in total. The summed E-state index contributed by atoms with van der Waals surface area (Å²) in [7, 11) is 1.53. The van der Waals surface area contributed by atoms with Crippen molar-refractivity contribution in [3.8, 4) is 11.5 Å². The van der Waals surface area contributed by atoms with Gasteiger partial charge in [-0.15, -0.1) is 0 Å². The molecule has 29 heavy (non-hydrogen) atoms. The Morgan fingerprint density at radius 1 is 1.28 bits per heavy atom. The first-order valence-corrected chi connectivity index (χ1v) is 9.37. The average molecular weight is 419 g/mol. The van der Waals surface area contributed by atoms with Gasteiger partial charge in [0.05, 0.1) is 23.7 Å². The number of hydrogen-bond acceptors (Lipinski definition) is 5. The second-order valence-corrected chi connectivity index (χ2v) is 7.12. The van der Waals surface area contributed by atoms with E-state index in [1.54, 1.807) is 30.3 Å². The van der Waals surface area contributed by atoms with Gasteiger partial charge in [-0.05, 0) is 35.3 Å². The fourth-order valence-corrected chi connectivity index (χ4v) is 2.66. The fourth-order valence-electron chi connectivity index (χ4n) is 2.38. The Hall–Kier alpha value is -3.06. The molecule has 0 aliphatic rings. The van der Waals surface area contributed by atoms with Gasteiger partial charge in [0.1, 0.15) is 0 Å². The van der Waals surface area contributed by atoms with E-state index in [-0.39, 0.29) is 18.1 Å². The van der Waals surface area contributed by atoms with Crippen LogP contribution in [0.3, 0.4) is 0 Å². The molecule has 0 aliphatic carbocycles. The van der Waals surface area contributed by atoms with Gasteiger partial charge in [-0.25, -0.2) is 0 Å². The summed E-state index contributed by atoms with van der Waals surface area (Å²) in [5, 5.41) is 13.8. The van der Waals surface area contributed by atoms with E-state index in [4.69, 9.17) is 21.1 Å². The van der Waals surface area contributed by atoms with Gasteiger partial charge in [0, 0.05) is 24.8 Å². The number of ether oxygens (including phenoxy) is 2. The lowest BCUT2D eigenvalue weighted by Gasteiger charge is -2.14. The van der Waals surface area contributed by atoms with Crippen molar-refractivity contribution >= 4 is 29.3 Å². The minimum atomic E-state index is -0.469. The summed E-state index contributed by atoms with van der Waals surface area (Å²) in [6.45, 7) is 4.84. The molecule has 2 aromatic carbocycles. The lowest BCUT2D eigenvalue weighted by molar-refractivity contribution is -0.384. The molecule has 0 heterocycles. The van der Waals surface area contributed by atoms with Crippen molar-refractivity contribution in [1.82, 2.24) is 5.32 Å². The van der Waals surface area contributed by atoms with Gasteiger partial charge in [0.25, 0.3) is 5.69 Å². The molecule has 0 bridgehead atoms. The first-order valence-electron chi connectivity index (χ1n) is 8.99. The number of rotatable bonds is 9. The van der Waals surface area contributed by atoms with Gasteiger partial charge in [-0.2, -0.15) is 0 Å². The molecule has 154 valence electrons. The maximum absolute atomic E-state index is 12.1. The molecule has 0 radical (unpaired) electrons. The van der Waals surface area contributed by atoms with Crippen molar-refractivity contribution < 1.29 is 19.2 Å². The molecule has 0 unspecified atom stereocenters. The number of nitro groups is 1. The molecule has 0 aliphatic heterocycles. The predicted molar refractivity (Wildman–Crippen MR) is 112 cm³/mol. The smallest absolute Gasteiger partial charge is 0.269 e. The van der Waals surface area contributed by atoms with E-state index >= 15 is 0 Å². The standard InChI is InChI=1S/C21H23ClN2O5/c1-14(2)13-29-21-18(22)10-16(11-19(21)28-3)6-9-20(25)23-12-15-4-7-17(8-5-15)24(26)27/h4-11,14H,12-13H2,1-3H3,(H,23,25)/b9-6+. The topological polar surface area (TPSA) is 90.7 Å². The number of non-ortho nitro benzene ring substituents is 1. The minimum absolute atomic E-state index is 0.00613. The Morgan fingerprint density at radius 3 is 2.55 bits per heavy atom. The summed E-state index contributed by atoms with van der Waals surface area (Å²) in [4.78, 5) is 22.2. The minimum Gasteiger partial charge on any atom is -0.493 e. The lowest BCUT2D eigenvalue weighted by Crippen LogP contribution is -2.20. The molecule has 2 rings (SSSR count). The number of hydrogen-bond donors (Lipinski definition) is 1. The molecule has 0 spiro atoms. The molecular weight excluding hydrogens is 396 g/mol. The zero-order valence-corrected chi connectivity index (χ0v) is 17.2. The SMILES string of the molecule is COc1cc(/C=C/C(=O)NCc2ccc([N+](=O)[O-])cc2)cc(Cl)c1OCC(C)C. The first-order chi connectivity index (χ1) is 13.8. The molecule has 8 heteroatoms. The van der Waals surface area contributed by atoms with E-state index in [0.29, 0.717) is 34.6 Å². The van der Waals surface area contributed by atoms with Crippen LogP contribution in [0.4, 0.5) is 5.69 Å². The van der Waals surface area contributed by atoms with E-state index in [0.717, 1.165) is 5.56 Å². The van der Waals surface area contributed by atoms with Crippen LogP contribution < -0.4 is 14.8 Å². The van der Waals surface area contributed by atoms with Crippen LogP contribution in [0.5, 0.6) is 11.5 Å². The van der Waals surface area contributed by atoms with Crippen LogP contribution in [-0.2, 0) is 11.3 Å². The third-order valence-electron chi connectivity index (χ3n) is 3.85. The summed E-state index contributed by atoms with van der Waals surface area (Å²) in [6, 6.07) is 9.43. The van der Waals surface area contributed by atoms with Crippen molar-refractivity contribution in [2.24, 2.45) is 5.92 Å². The number of carbonyl (C=O) groups is 1. The third-order valence-corrected chi connectivity index (χ3v) is 4.13. The van der Waals surface area contributed by atoms with Gasteiger partial charge >= 0.3 is 0 Å². The summed E-state index contributed by atoms with van der Waals surface area (Å²) in [6.07, 6.45) is 3.00. The van der Waals surface area contributed by atoms with E-state index < -0.39 is 4.92 Å². The molecule has 0 aromatic heterocycles. The Morgan fingerprint density at radius 2 is 1.97 bits per heavy atom. The molecule has 1 amide bonds. The zero-order chi connectivity index (χ0) is 21.4. The Kier molecular flexibility index (Phi) is 8.03. The van der Waals surface area contributed by atoms with E-state index in [1.165, 1.54) is 25.3 Å². The second-order valence-electron chi connectivity index (χ2n) is 6.71. The number of amides is 1. The predicted octanol–water partition coefficient (Wildman–Crippen LogP) is 4.62. The molecule has 0 atom stereocenters.